The van der Waals surface area contributed by atoms with Crippen molar-refractivity contribution < 1.29 is 0 Å². The maximum atomic E-state index is 3.60. The molecule has 0 saturated carbocycles. The van der Waals surface area contributed by atoms with E-state index in [1.54, 1.807) is 0 Å². The van der Waals surface area contributed by atoms with E-state index in [1.807, 2.05) is 12.4 Å². The van der Waals surface area contributed by atoms with E-state index in [2.05, 4.69) is 51.0 Å². The smallest absolute Gasteiger partial charge is 0.0225 e. The molecule has 2 heteroatoms. The Hall–Kier alpha value is -0.760. The molecule has 1 aromatic heterocycles. The van der Waals surface area contributed by atoms with Gasteiger partial charge >= 0.3 is 0 Å². The molecular weight excluding hydrogens is 184 g/mol. The highest BCUT2D eigenvalue weighted by molar-refractivity contribution is 5.08. The van der Waals surface area contributed by atoms with E-state index >= 15 is 0 Å². The van der Waals surface area contributed by atoms with Crippen molar-refractivity contribution in [3.63, 3.8) is 0 Å². The van der Waals surface area contributed by atoms with E-state index in [1.165, 1.54) is 12.0 Å². The van der Waals surface area contributed by atoms with Crippen LogP contribution in [0.4, 0.5) is 0 Å². The first-order valence-electron chi connectivity index (χ1n) is 5.65. The van der Waals surface area contributed by atoms with Crippen LogP contribution in [0.3, 0.4) is 0 Å². The number of aromatic amines is 1. The van der Waals surface area contributed by atoms with E-state index in [0.29, 0.717) is 5.41 Å². The monoisotopic (exact) mass is 208 g/mol. The Balaban J connectivity index is 2.43. The third-order valence-corrected chi connectivity index (χ3v) is 2.41. The Kier molecular flexibility index (Phi) is 3.61. The van der Waals surface area contributed by atoms with Crippen LogP contribution in [0.1, 0.15) is 46.6 Å². The van der Waals surface area contributed by atoms with Gasteiger partial charge in [-0.1, -0.05) is 20.8 Å². The van der Waals surface area contributed by atoms with Crippen molar-refractivity contribution in [3.8, 4) is 0 Å². The fraction of sp³-hybridized carbons (Fsp3) is 0.692. The maximum absolute atomic E-state index is 3.60. The van der Waals surface area contributed by atoms with Crippen LogP contribution < -0.4 is 5.32 Å². The summed E-state index contributed by atoms with van der Waals surface area (Å²) in [5.41, 5.74) is 1.88. The highest BCUT2D eigenvalue weighted by atomic mass is 15.0. The first-order chi connectivity index (χ1) is 6.79. The van der Waals surface area contributed by atoms with Gasteiger partial charge in [0.05, 0.1) is 0 Å². The Morgan fingerprint density at radius 1 is 1.20 bits per heavy atom. The second kappa shape index (κ2) is 4.40. The first-order valence-corrected chi connectivity index (χ1v) is 5.65. The molecule has 0 spiro atoms. The van der Waals surface area contributed by atoms with E-state index in [9.17, 15) is 0 Å². The Morgan fingerprint density at radius 3 is 2.33 bits per heavy atom. The molecular formula is C13H24N2. The molecule has 0 amide bonds. The van der Waals surface area contributed by atoms with Gasteiger partial charge in [0.2, 0.25) is 0 Å². The normalized spacial score (nSPS) is 13.1. The van der Waals surface area contributed by atoms with Crippen molar-refractivity contribution in [2.75, 3.05) is 0 Å². The number of nitrogens with one attached hydrogen (secondary N) is 2. The SMILES string of the molecule is CC(C)(C)CC(C)(C)NCc1cc[nH]c1. The van der Waals surface area contributed by atoms with Crippen LogP contribution in [0.5, 0.6) is 0 Å². The summed E-state index contributed by atoms with van der Waals surface area (Å²) in [6, 6.07) is 2.11. The fourth-order valence-electron chi connectivity index (χ4n) is 2.20. The lowest BCUT2D eigenvalue weighted by Gasteiger charge is -2.33. The Bertz CT molecular complexity index is 278. The van der Waals surface area contributed by atoms with Gasteiger partial charge < -0.3 is 10.3 Å². The first kappa shape index (κ1) is 12.3. The lowest BCUT2D eigenvalue weighted by molar-refractivity contribution is 0.241. The summed E-state index contributed by atoms with van der Waals surface area (Å²) in [4.78, 5) is 3.07. The van der Waals surface area contributed by atoms with Crippen molar-refractivity contribution in [3.05, 3.63) is 24.0 Å². The maximum Gasteiger partial charge on any atom is 0.0225 e. The van der Waals surface area contributed by atoms with Crippen molar-refractivity contribution in [2.24, 2.45) is 5.41 Å². The number of rotatable bonds is 4. The molecule has 0 radical (unpaired) electrons. The Labute approximate surface area is 93.5 Å². The second-order valence-electron chi connectivity index (χ2n) is 6.19. The standard InChI is InChI=1S/C13H24N2/c1-12(2,3)10-13(4,5)15-9-11-6-7-14-8-11/h6-8,14-15H,9-10H2,1-5H3. The highest BCUT2D eigenvalue weighted by Gasteiger charge is 2.24. The molecule has 1 aromatic rings. The zero-order valence-electron chi connectivity index (χ0n) is 10.6. The van der Waals surface area contributed by atoms with Crippen LogP contribution in [-0.2, 0) is 6.54 Å². The summed E-state index contributed by atoms with van der Waals surface area (Å²) in [6.07, 6.45) is 5.18. The van der Waals surface area contributed by atoms with Crippen LogP contribution >= 0.6 is 0 Å². The molecule has 2 nitrogen and oxygen atoms in total. The molecule has 0 aliphatic heterocycles. The quantitative estimate of drug-likeness (QED) is 0.780. The van der Waals surface area contributed by atoms with Crippen LogP contribution in [0.2, 0.25) is 0 Å². The zero-order valence-corrected chi connectivity index (χ0v) is 10.6. The molecule has 0 fully saturated rings. The summed E-state index contributed by atoms with van der Waals surface area (Å²) in [6.45, 7) is 12.3. The van der Waals surface area contributed by atoms with Crippen LogP contribution in [-0.4, -0.2) is 10.5 Å². The Morgan fingerprint density at radius 2 is 1.87 bits per heavy atom. The van der Waals surface area contributed by atoms with E-state index in [-0.39, 0.29) is 5.54 Å². The van der Waals surface area contributed by atoms with Crippen LogP contribution in [0.25, 0.3) is 0 Å². The molecule has 0 unspecified atom stereocenters. The van der Waals surface area contributed by atoms with Gasteiger partial charge in [0.1, 0.15) is 0 Å². The van der Waals surface area contributed by atoms with Gasteiger partial charge in [-0.05, 0) is 37.3 Å². The topological polar surface area (TPSA) is 27.8 Å². The third kappa shape index (κ3) is 5.03. The van der Waals surface area contributed by atoms with Crippen LogP contribution in [0, 0.1) is 5.41 Å². The minimum absolute atomic E-state index is 0.190. The average Bonchev–Trinajstić information content (AvgIpc) is 2.47. The van der Waals surface area contributed by atoms with Gasteiger partial charge in [0.25, 0.3) is 0 Å². The summed E-state index contributed by atoms with van der Waals surface area (Å²) >= 11 is 0. The van der Waals surface area contributed by atoms with Gasteiger partial charge in [-0.2, -0.15) is 0 Å². The number of hydrogen-bond acceptors (Lipinski definition) is 1. The zero-order chi connectivity index (χ0) is 11.5. The minimum atomic E-state index is 0.190. The highest BCUT2D eigenvalue weighted by Crippen LogP contribution is 2.26. The van der Waals surface area contributed by atoms with Crippen molar-refractivity contribution in [1.29, 1.82) is 0 Å². The summed E-state index contributed by atoms with van der Waals surface area (Å²) in [7, 11) is 0. The lowest BCUT2D eigenvalue weighted by Crippen LogP contribution is -2.41. The van der Waals surface area contributed by atoms with E-state index in [4.69, 9.17) is 0 Å². The predicted molar refractivity (Wildman–Crippen MR) is 65.8 cm³/mol. The predicted octanol–water partition coefficient (Wildman–Crippen LogP) is 3.32. The van der Waals surface area contributed by atoms with Gasteiger partial charge in [-0.25, -0.2) is 0 Å². The van der Waals surface area contributed by atoms with Gasteiger partial charge in [-0.15, -0.1) is 0 Å². The van der Waals surface area contributed by atoms with Gasteiger partial charge in [-0.3, -0.25) is 0 Å². The molecule has 1 heterocycles. The van der Waals surface area contributed by atoms with Gasteiger partial charge in [0.15, 0.2) is 0 Å². The molecule has 0 aromatic carbocycles. The average molecular weight is 208 g/mol. The summed E-state index contributed by atoms with van der Waals surface area (Å²) in [5.74, 6) is 0. The molecule has 15 heavy (non-hydrogen) atoms. The fourth-order valence-corrected chi connectivity index (χ4v) is 2.20. The van der Waals surface area contributed by atoms with Crippen molar-refractivity contribution in [2.45, 2.75) is 53.1 Å². The molecule has 86 valence electrons. The van der Waals surface area contributed by atoms with Crippen molar-refractivity contribution >= 4 is 0 Å². The lowest BCUT2D eigenvalue weighted by atomic mass is 9.82. The summed E-state index contributed by atoms with van der Waals surface area (Å²) < 4.78 is 0. The number of H-pyrrole nitrogens is 1. The number of hydrogen-bond donors (Lipinski definition) is 2. The summed E-state index contributed by atoms with van der Waals surface area (Å²) in [5, 5.41) is 3.60. The van der Waals surface area contributed by atoms with Gasteiger partial charge in [0, 0.05) is 24.5 Å². The molecule has 2 N–H and O–H groups in total. The molecule has 0 aliphatic rings. The molecule has 0 aliphatic carbocycles. The largest absolute Gasteiger partial charge is 0.367 e. The second-order valence-corrected chi connectivity index (χ2v) is 6.19. The third-order valence-electron chi connectivity index (χ3n) is 2.41. The van der Waals surface area contributed by atoms with E-state index < -0.39 is 0 Å². The molecule has 0 atom stereocenters. The number of aromatic nitrogens is 1. The molecule has 1 rings (SSSR count). The molecule has 0 bridgehead atoms. The molecule has 0 saturated heterocycles. The van der Waals surface area contributed by atoms with Crippen LogP contribution in [0.15, 0.2) is 18.5 Å². The minimum Gasteiger partial charge on any atom is -0.367 e. The van der Waals surface area contributed by atoms with Crippen molar-refractivity contribution in [1.82, 2.24) is 10.3 Å². The van der Waals surface area contributed by atoms with E-state index in [0.717, 1.165) is 6.54 Å².